The average molecular weight is 509 g/mol. The number of benzene rings is 2. The van der Waals surface area contributed by atoms with Gasteiger partial charge in [-0.05, 0) is 49.2 Å². The molecule has 36 heavy (non-hydrogen) atoms. The zero-order valence-electron chi connectivity index (χ0n) is 19.6. The second-order valence-corrected chi connectivity index (χ2v) is 8.80. The van der Waals surface area contributed by atoms with Crippen LogP contribution in [0.3, 0.4) is 0 Å². The zero-order chi connectivity index (χ0) is 25.5. The van der Waals surface area contributed by atoms with Gasteiger partial charge in [-0.2, -0.15) is 0 Å². The van der Waals surface area contributed by atoms with Crippen molar-refractivity contribution in [1.82, 2.24) is 10.3 Å². The number of aromatic nitrogens is 1. The summed E-state index contributed by atoms with van der Waals surface area (Å²) in [6.07, 6.45) is 1.33. The number of hydrogen-bond acceptors (Lipinski definition) is 7. The molecule has 0 saturated heterocycles. The number of methoxy groups -OCH3 is 1. The Bertz CT molecular complexity index is 1390. The standard InChI is InChI=1S/C27H25FN2O5S/c1-34-25-14-17(10-11-24(25)35-13-3-2-12-31)27(33)29-15-23(32)22-9-5-8-21(30-22)19-16-36-26-18(19)6-4-7-20(26)28/h4-11,14,16,31H,2-3,12-13,15H2,1H3,(H,29,33). The third-order valence-electron chi connectivity index (χ3n) is 5.51. The van der Waals surface area contributed by atoms with Gasteiger partial charge < -0.3 is 19.9 Å². The van der Waals surface area contributed by atoms with E-state index in [0.717, 1.165) is 10.9 Å². The van der Waals surface area contributed by atoms with Gasteiger partial charge in [0, 0.05) is 28.5 Å². The fourth-order valence-corrected chi connectivity index (χ4v) is 4.61. The first-order valence-corrected chi connectivity index (χ1v) is 12.3. The van der Waals surface area contributed by atoms with Crippen molar-refractivity contribution in [1.29, 1.82) is 0 Å². The van der Waals surface area contributed by atoms with Gasteiger partial charge in [-0.15, -0.1) is 11.3 Å². The fourth-order valence-electron chi connectivity index (χ4n) is 3.64. The van der Waals surface area contributed by atoms with E-state index >= 15 is 0 Å². The number of Topliss-reactive ketones (excluding diaryl/α,β-unsaturated/α-hetero) is 1. The van der Waals surface area contributed by atoms with Crippen molar-refractivity contribution >= 4 is 33.1 Å². The van der Waals surface area contributed by atoms with Crippen molar-refractivity contribution in [2.75, 3.05) is 26.9 Å². The molecule has 0 bridgehead atoms. The number of carbonyl (C=O) groups is 2. The van der Waals surface area contributed by atoms with Crippen LogP contribution in [0.1, 0.15) is 33.7 Å². The summed E-state index contributed by atoms with van der Waals surface area (Å²) in [6.45, 7) is 0.276. The van der Waals surface area contributed by atoms with E-state index in [0.29, 0.717) is 46.9 Å². The molecule has 2 aromatic heterocycles. The predicted octanol–water partition coefficient (Wildman–Crippen LogP) is 4.88. The molecule has 7 nitrogen and oxygen atoms in total. The van der Waals surface area contributed by atoms with Crippen LogP contribution < -0.4 is 14.8 Å². The van der Waals surface area contributed by atoms with Gasteiger partial charge in [0.1, 0.15) is 11.5 Å². The van der Waals surface area contributed by atoms with Crippen LogP contribution in [0.5, 0.6) is 11.5 Å². The van der Waals surface area contributed by atoms with Crippen LogP contribution in [0.4, 0.5) is 4.39 Å². The number of ketones is 1. The van der Waals surface area contributed by atoms with E-state index in [-0.39, 0.29) is 30.4 Å². The third-order valence-corrected chi connectivity index (χ3v) is 6.51. The Morgan fingerprint density at radius 1 is 1.08 bits per heavy atom. The van der Waals surface area contributed by atoms with E-state index in [2.05, 4.69) is 10.3 Å². The van der Waals surface area contributed by atoms with Crippen molar-refractivity contribution in [3.05, 3.63) is 77.1 Å². The molecule has 0 aliphatic carbocycles. The molecule has 2 aromatic carbocycles. The summed E-state index contributed by atoms with van der Waals surface area (Å²) in [6, 6.07) is 14.7. The summed E-state index contributed by atoms with van der Waals surface area (Å²) in [7, 11) is 1.48. The van der Waals surface area contributed by atoms with Crippen LogP contribution in [0.25, 0.3) is 21.3 Å². The fraction of sp³-hybridized carbons (Fsp3) is 0.222. The van der Waals surface area contributed by atoms with Gasteiger partial charge >= 0.3 is 0 Å². The quantitative estimate of drug-likeness (QED) is 0.222. The maximum atomic E-state index is 14.1. The number of fused-ring (bicyclic) bond motifs is 1. The van der Waals surface area contributed by atoms with Crippen molar-refractivity contribution in [3.63, 3.8) is 0 Å². The molecule has 0 atom stereocenters. The maximum Gasteiger partial charge on any atom is 0.251 e. The molecule has 0 radical (unpaired) electrons. The lowest BCUT2D eigenvalue weighted by Crippen LogP contribution is -2.30. The zero-order valence-corrected chi connectivity index (χ0v) is 20.4. The number of hydrogen-bond donors (Lipinski definition) is 2. The maximum absolute atomic E-state index is 14.1. The van der Waals surface area contributed by atoms with Crippen LogP contribution in [-0.4, -0.2) is 48.6 Å². The number of ether oxygens (including phenoxy) is 2. The highest BCUT2D eigenvalue weighted by Gasteiger charge is 2.16. The second kappa shape index (κ2) is 11.7. The minimum atomic E-state index is -0.441. The van der Waals surface area contributed by atoms with Crippen molar-refractivity contribution in [2.24, 2.45) is 0 Å². The van der Waals surface area contributed by atoms with E-state index in [1.807, 2.05) is 11.4 Å². The molecule has 0 saturated carbocycles. The number of nitrogens with zero attached hydrogens (tertiary/aromatic N) is 1. The third kappa shape index (κ3) is 5.69. The van der Waals surface area contributed by atoms with Crippen LogP contribution in [0, 0.1) is 5.82 Å². The molecule has 0 aliphatic heterocycles. The highest BCUT2D eigenvalue weighted by molar-refractivity contribution is 7.17. The first-order chi connectivity index (χ1) is 17.5. The summed E-state index contributed by atoms with van der Waals surface area (Å²) < 4.78 is 25.6. The molecule has 2 heterocycles. The Kier molecular flexibility index (Phi) is 8.24. The number of nitrogens with one attached hydrogen (secondary N) is 1. The lowest BCUT2D eigenvalue weighted by Gasteiger charge is -2.12. The SMILES string of the molecule is COc1cc(C(=O)NCC(=O)c2cccc(-c3csc4c(F)cccc34)n2)ccc1OCCCCO. The average Bonchev–Trinajstić information content (AvgIpc) is 3.35. The summed E-state index contributed by atoms with van der Waals surface area (Å²) in [5.41, 5.74) is 1.82. The number of aliphatic hydroxyl groups excluding tert-OH is 1. The van der Waals surface area contributed by atoms with Gasteiger partial charge in [0.05, 0.1) is 30.7 Å². The molecule has 0 fully saturated rings. The number of rotatable bonds is 11. The lowest BCUT2D eigenvalue weighted by molar-refractivity contribution is 0.0902. The number of thiophene rings is 1. The Morgan fingerprint density at radius 3 is 2.72 bits per heavy atom. The van der Waals surface area contributed by atoms with Crippen molar-refractivity contribution < 1.29 is 28.6 Å². The second-order valence-electron chi connectivity index (χ2n) is 7.92. The van der Waals surface area contributed by atoms with E-state index in [4.69, 9.17) is 14.6 Å². The van der Waals surface area contributed by atoms with Gasteiger partial charge in [-0.25, -0.2) is 9.37 Å². The Hall–Kier alpha value is -3.82. The van der Waals surface area contributed by atoms with Crippen molar-refractivity contribution in [2.45, 2.75) is 12.8 Å². The first kappa shape index (κ1) is 25.3. The summed E-state index contributed by atoms with van der Waals surface area (Å²) in [4.78, 5) is 29.9. The number of amides is 1. The highest BCUT2D eigenvalue weighted by atomic mass is 32.1. The molecule has 0 unspecified atom stereocenters. The number of pyridine rings is 1. The van der Waals surface area contributed by atoms with Crippen LogP contribution in [0.15, 0.2) is 60.0 Å². The number of carbonyl (C=O) groups excluding carboxylic acids is 2. The monoisotopic (exact) mass is 508 g/mol. The Morgan fingerprint density at radius 2 is 1.92 bits per heavy atom. The van der Waals surface area contributed by atoms with E-state index < -0.39 is 5.91 Å². The molecule has 4 aromatic rings. The van der Waals surface area contributed by atoms with Gasteiger partial charge in [0.2, 0.25) is 0 Å². The molecule has 186 valence electrons. The number of aliphatic hydroxyl groups is 1. The van der Waals surface area contributed by atoms with Crippen molar-refractivity contribution in [3.8, 4) is 22.8 Å². The van der Waals surface area contributed by atoms with Gasteiger partial charge in [0.25, 0.3) is 5.91 Å². The Balaban J connectivity index is 1.42. The largest absolute Gasteiger partial charge is 0.493 e. The highest BCUT2D eigenvalue weighted by Crippen LogP contribution is 2.34. The van der Waals surface area contributed by atoms with E-state index in [1.54, 1.807) is 42.5 Å². The minimum absolute atomic E-state index is 0.100. The van der Waals surface area contributed by atoms with Gasteiger partial charge in [-0.1, -0.05) is 18.2 Å². The minimum Gasteiger partial charge on any atom is -0.493 e. The van der Waals surface area contributed by atoms with Crippen LogP contribution >= 0.6 is 11.3 Å². The smallest absolute Gasteiger partial charge is 0.251 e. The van der Waals surface area contributed by atoms with Crippen LogP contribution in [0.2, 0.25) is 0 Å². The molecule has 4 rings (SSSR count). The lowest BCUT2D eigenvalue weighted by atomic mass is 10.1. The molecule has 0 spiro atoms. The van der Waals surface area contributed by atoms with Gasteiger partial charge in [-0.3, -0.25) is 9.59 Å². The predicted molar refractivity (Wildman–Crippen MR) is 136 cm³/mol. The molecule has 2 N–H and O–H groups in total. The molecular weight excluding hydrogens is 483 g/mol. The van der Waals surface area contributed by atoms with E-state index in [9.17, 15) is 14.0 Å². The normalized spacial score (nSPS) is 10.9. The summed E-state index contributed by atoms with van der Waals surface area (Å²) in [5, 5.41) is 14.0. The molecule has 9 heteroatoms. The van der Waals surface area contributed by atoms with E-state index in [1.165, 1.54) is 24.5 Å². The number of halogens is 1. The molecule has 0 aliphatic rings. The van der Waals surface area contributed by atoms with Crippen LogP contribution in [-0.2, 0) is 0 Å². The molecule has 1 amide bonds. The first-order valence-electron chi connectivity index (χ1n) is 11.4. The topological polar surface area (TPSA) is 97.8 Å². The summed E-state index contributed by atoms with van der Waals surface area (Å²) >= 11 is 1.29. The van der Waals surface area contributed by atoms with Gasteiger partial charge in [0.15, 0.2) is 17.3 Å². The summed E-state index contributed by atoms with van der Waals surface area (Å²) in [5.74, 6) is -0.205. The number of unbranched alkanes of at least 4 members (excludes halogenated alkanes) is 1. The molecular formula is C27H25FN2O5S. The Labute approximate surface area is 211 Å².